The molecule has 0 bridgehead atoms. The molecule has 1 unspecified atom stereocenters. The quantitative estimate of drug-likeness (QED) is 0.701. The normalized spacial score (nSPS) is 16.3. The number of hydrogen-bond acceptors (Lipinski definition) is 6. The van der Waals surface area contributed by atoms with Crippen LogP contribution in [0, 0.1) is 5.92 Å². The molecule has 1 N–H and O–H groups in total. The van der Waals surface area contributed by atoms with Crippen LogP contribution in [-0.4, -0.2) is 47.9 Å². The fraction of sp³-hybridized carbons (Fsp3) is 0.429. The largest absolute Gasteiger partial charge is 0.469 e. The van der Waals surface area contributed by atoms with Gasteiger partial charge in [-0.1, -0.05) is 12.1 Å². The van der Waals surface area contributed by atoms with Crippen molar-refractivity contribution in [2.45, 2.75) is 32.1 Å². The predicted molar refractivity (Wildman–Crippen MR) is 111 cm³/mol. The fourth-order valence-electron chi connectivity index (χ4n) is 3.39. The number of likely N-dealkylation sites (tertiary alicyclic amines) is 1. The molecule has 1 fully saturated rings. The highest BCUT2D eigenvalue weighted by atomic mass is 32.1. The third-order valence-electron chi connectivity index (χ3n) is 5.02. The van der Waals surface area contributed by atoms with Gasteiger partial charge >= 0.3 is 5.97 Å². The van der Waals surface area contributed by atoms with Gasteiger partial charge in [-0.15, -0.1) is 11.3 Å². The molecule has 2 amide bonds. The zero-order valence-electron chi connectivity index (χ0n) is 16.4. The van der Waals surface area contributed by atoms with Crippen LogP contribution < -0.4 is 5.32 Å². The van der Waals surface area contributed by atoms with Crippen molar-refractivity contribution >= 4 is 34.8 Å². The molecular formula is C21H25N3O4S. The molecule has 3 rings (SSSR count). The number of aromatic nitrogens is 1. The van der Waals surface area contributed by atoms with Crippen molar-refractivity contribution in [3.8, 4) is 11.3 Å². The Morgan fingerprint density at radius 3 is 2.72 bits per heavy atom. The van der Waals surface area contributed by atoms with E-state index in [4.69, 9.17) is 0 Å². The Kier molecular flexibility index (Phi) is 7.35. The van der Waals surface area contributed by atoms with Gasteiger partial charge < -0.3 is 15.0 Å². The summed E-state index contributed by atoms with van der Waals surface area (Å²) in [6.45, 7) is 1.07. The molecule has 0 aliphatic carbocycles. The second-order valence-electron chi connectivity index (χ2n) is 7.05. The van der Waals surface area contributed by atoms with E-state index < -0.39 is 0 Å². The molecule has 1 aliphatic rings. The van der Waals surface area contributed by atoms with E-state index in [0.29, 0.717) is 25.9 Å². The van der Waals surface area contributed by atoms with Crippen LogP contribution in [0.25, 0.3) is 11.3 Å². The number of methoxy groups -OCH3 is 1. The maximum absolute atomic E-state index is 12.7. The Bertz CT molecular complexity index is 836. The molecule has 0 spiro atoms. The van der Waals surface area contributed by atoms with Crippen molar-refractivity contribution in [3.63, 3.8) is 0 Å². The summed E-state index contributed by atoms with van der Waals surface area (Å²) in [6.07, 6.45) is 2.54. The van der Waals surface area contributed by atoms with Gasteiger partial charge in [-0.3, -0.25) is 14.4 Å². The van der Waals surface area contributed by atoms with Gasteiger partial charge in [0.1, 0.15) is 0 Å². The lowest BCUT2D eigenvalue weighted by atomic mass is 9.96. The molecule has 1 aromatic carbocycles. The standard InChI is InChI=1S/C21H25N3O4S/c1-28-20(26)6-2-5-19(25)24-11-3-4-16(12-24)21(27)23-17-9-7-15(8-10-17)18-13-29-14-22-18/h7-10,13-14,16H,2-6,11-12H2,1H3,(H,23,27). The Hall–Kier alpha value is -2.74. The highest BCUT2D eigenvalue weighted by Crippen LogP contribution is 2.23. The predicted octanol–water partition coefficient (Wildman–Crippen LogP) is 3.33. The van der Waals surface area contributed by atoms with Crippen molar-refractivity contribution in [3.05, 3.63) is 35.2 Å². The number of carbonyl (C=O) groups is 3. The summed E-state index contributed by atoms with van der Waals surface area (Å²) >= 11 is 1.54. The van der Waals surface area contributed by atoms with Gasteiger partial charge in [0.2, 0.25) is 11.8 Å². The van der Waals surface area contributed by atoms with Crippen molar-refractivity contribution in [1.82, 2.24) is 9.88 Å². The minimum Gasteiger partial charge on any atom is -0.469 e. The Morgan fingerprint density at radius 1 is 1.24 bits per heavy atom. The van der Waals surface area contributed by atoms with Crippen molar-refractivity contribution in [2.75, 3.05) is 25.5 Å². The van der Waals surface area contributed by atoms with Crippen LogP contribution in [-0.2, 0) is 19.1 Å². The second-order valence-corrected chi connectivity index (χ2v) is 7.77. The molecule has 1 aliphatic heterocycles. The molecule has 154 valence electrons. The van der Waals surface area contributed by atoms with Gasteiger partial charge in [-0.05, 0) is 31.4 Å². The Morgan fingerprint density at radius 2 is 2.03 bits per heavy atom. The van der Waals surface area contributed by atoms with Gasteiger partial charge in [0.25, 0.3) is 0 Å². The first-order chi connectivity index (χ1) is 14.1. The summed E-state index contributed by atoms with van der Waals surface area (Å²) in [7, 11) is 1.34. The number of anilines is 1. The van der Waals surface area contributed by atoms with E-state index >= 15 is 0 Å². The lowest BCUT2D eigenvalue weighted by molar-refractivity contribution is -0.141. The first-order valence-electron chi connectivity index (χ1n) is 9.71. The van der Waals surface area contributed by atoms with Crippen LogP contribution in [0.5, 0.6) is 0 Å². The van der Waals surface area contributed by atoms with E-state index in [0.717, 1.165) is 29.8 Å². The summed E-state index contributed by atoms with van der Waals surface area (Å²) in [5, 5.41) is 4.93. The molecule has 29 heavy (non-hydrogen) atoms. The monoisotopic (exact) mass is 415 g/mol. The van der Waals surface area contributed by atoms with Gasteiger partial charge in [-0.25, -0.2) is 4.98 Å². The van der Waals surface area contributed by atoms with Gasteiger partial charge in [0.05, 0.1) is 24.2 Å². The molecule has 0 saturated carbocycles. The smallest absolute Gasteiger partial charge is 0.305 e. The minimum atomic E-state index is -0.311. The number of thiazole rings is 1. The molecule has 1 atom stereocenters. The summed E-state index contributed by atoms with van der Waals surface area (Å²) in [5.41, 5.74) is 4.44. The summed E-state index contributed by atoms with van der Waals surface area (Å²) in [5.74, 6) is -0.626. The average Bonchev–Trinajstić information content (AvgIpc) is 3.29. The van der Waals surface area contributed by atoms with Crippen LogP contribution in [0.15, 0.2) is 35.2 Å². The molecule has 2 heterocycles. The maximum Gasteiger partial charge on any atom is 0.305 e. The minimum absolute atomic E-state index is 0.0148. The molecule has 1 aromatic heterocycles. The molecule has 1 saturated heterocycles. The number of benzene rings is 1. The summed E-state index contributed by atoms with van der Waals surface area (Å²) < 4.78 is 4.59. The number of nitrogens with one attached hydrogen (secondary N) is 1. The first-order valence-corrected chi connectivity index (χ1v) is 10.6. The number of piperidine rings is 1. The number of ether oxygens (including phenoxy) is 1. The van der Waals surface area contributed by atoms with Crippen LogP contribution in [0.3, 0.4) is 0 Å². The fourth-order valence-corrected chi connectivity index (χ4v) is 3.95. The first kappa shape index (κ1) is 21.0. The van der Waals surface area contributed by atoms with Gasteiger partial charge in [0.15, 0.2) is 0 Å². The highest BCUT2D eigenvalue weighted by Gasteiger charge is 2.28. The number of hydrogen-bond donors (Lipinski definition) is 1. The Balaban J connectivity index is 1.50. The zero-order valence-corrected chi connectivity index (χ0v) is 17.2. The molecular weight excluding hydrogens is 390 g/mol. The lowest BCUT2D eigenvalue weighted by Crippen LogP contribution is -2.43. The number of rotatable bonds is 7. The maximum atomic E-state index is 12.7. The van der Waals surface area contributed by atoms with Crippen LogP contribution in [0.1, 0.15) is 32.1 Å². The van der Waals surface area contributed by atoms with Crippen molar-refractivity contribution < 1.29 is 19.1 Å². The van der Waals surface area contributed by atoms with E-state index in [2.05, 4.69) is 15.0 Å². The third-order valence-corrected chi connectivity index (χ3v) is 5.61. The lowest BCUT2D eigenvalue weighted by Gasteiger charge is -2.32. The van der Waals surface area contributed by atoms with E-state index in [-0.39, 0.29) is 30.1 Å². The van der Waals surface area contributed by atoms with Gasteiger partial charge in [0, 0.05) is 42.6 Å². The summed E-state index contributed by atoms with van der Waals surface area (Å²) in [6, 6.07) is 7.60. The number of nitrogens with zero attached hydrogens (tertiary/aromatic N) is 2. The van der Waals surface area contributed by atoms with E-state index in [9.17, 15) is 14.4 Å². The van der Waals surface area contributed by atoms with Crippen molar-refractivity contribution in [2.24, 2.45) is 5.92 Å². The van der Waals surface area contributed by atoms with E-state index in [1.54, 1.807) is 21.7 Å². The molecule has 2 aromatic rings. The van der Waals surface area contributed by atoms with Crippen LogP contribution in [0.4, 0.5) is 5.69 Å². The molecule has 7 nitrogen and oxygen atoms in total. The van der Waals surface area contributed by atoms with Crippen LogP contribution >= 0.6 is 11.3 Å². The molecule has 0 radical (unpaired) electrons. The SMILES string of the molecule is COC(=O)CCCC(=O)N1CCCC(C(=O)Nc2ccc(-c3cscn3)cc2)C1. The molecule has 8 heteroatoms. The highest BCUT2D eigenvalue weighted by molar-refractivity contribution is 7.07. The van der Waals surface area contributed by atoms with E-state index in [1.807, 2.05) is 29.6 Å². The topological polar surface area (TPSA) is 88.6 Å². The average molecular weight is 416 g/mol. The third kappa shape index (κ3) is 5.87. The summed E-state index contributed by atoms with van der Waals surface area (Å²) in [4.78, 5) is 42.2. The zero-order chi connectivity index (χ0) is 20.6. The van der Waals surface area contributed by atoms with Crippen LogP contribution in [0.2, 0.25) is 0 Å². The van der Waals surface area contributed by atoms with E-state index in [1.165, 1.54) is 7.11 Å². The number of esters is 1. The number of carbonyl (C=O) groups excluding carboxylic acids is 3. The van der Waals surface area contributed by atoms with Crippen molar-refractivity contribution in [1.29, 1.82) is 0 Å². The Labute approximate surface area is 174 Å². The number of amides is 2. The van der Waals surface area contributed by atoms with Gasteiger partial charge in [-0.2, -0.15) is 0 Å². The second kappa shape index (κ2) is 10.2.